The number of carbonyl (C=O) groups excluding carboxylic acids is 1. The maximum Gasteiger partial charge on any atom is 0.419 e. The molecule has 1 aromatic carbocycles. The standard InChI is InChI=1S/C13H14F3NO5/c14-13(15,16)9-3-1-2-4-10(9)22-7-11(18)17-5-6-21-8-12(19)20/h1-4H,5-8H2,(H,17,18)(H,19,20). The summed E-state index contributed by atoms with van der Waals surface area (Å²) in [5.74, 6) is -2.22. The molecule has 22 heavy (non-hydrogen) atoms. The number of hydrogen-bond acceptors (Lipinski definition) is 4. The lowest BCUT2D eigenvalue weighted by Crippen LogP contribution is -2.32. The van der Waals surface area contributed by atoms with Crippen LogP contribution in [0, 0.1) is 0 Å². The average Bonchev–Trinajstić information content (AvgIpc) is 2.43. The number of rotatable bonds is 8. The van der Waals surface area contributed by atoms with E-state index in [1.54, 1.807) is 0 Å². The Morgan fingerprint density at radius 2 is 1.86 bits per heavy atom. The average molecular weight is 321 g/mol. The number of benzene rings is 1. The first kappa shape index (κ1) is 17.8. The molecule has 9 heteroatoms. The molecule has 0 aromatic heterocycles. The van der Waals surface area contributed by atoms with Gasteiger partial charge in [-0.1, -0.05) is 12.1 Å². The van der Waals surface area contributed by atoms with Crippen molar-refractivity contribution in [2.45, 2.75) is 6.18 Å². The molecule has 0 bridgehead atoms. The summed E-state index contributed by atoms with van der Waals surface area (Å²) < 4.78 is 47.6. The van der Waals surface area contributed by atoms with E-state index in [-0.39, 0.29) is 13.2 Å². The van der Waals surface area contributed by atoms with Crippen LogP contribution in [0.5, 0.6) is 5.75 Å². The predicted molar refractivity (Wildman–Crippen MR) is 68.4 cm³/mol. The van der Waals surface area contributed by atoms with Gasteiger partial charge in [0.2, 0.25) is 0 Å². The molecule has 1 rings (SSSR count). The number of aliphatic carboxylic acids is 1. The molecule has 0 fully saturated rings. The topological polar surface area (TPSA) is 84.9 Å². The zero-order valence-electron chi connectivity index (χ0n) is 11.4. The van der Waals surface area contributed by atoms with Crippen molar-refractivity contribution >= 4 is 11.9 Å². The summed E-state index contributed by atoms with van der Waals surface area (Å²) in [5.41, 5.74) is -0.965. The molecule has 1 amide bonds. The van der Waals surface area contributed by atoms with Crippen LogP contribution < -0.4 is 10.1 Å². The predicted octanol–water partition coefficient (Wildman–Crippen LogP) is 1.30. The number of alkyl halides is 3. The van der Waals surface area contributed by atoms with Gasteiger partial charge in [-0.15, -0.1) is 0 Å². The van der Waals surface area contributed by atoms with Crippen molar-refractivity contribution in [2.24, 2.45) is 0 Å². The number of ether oxygens (including phenoxy) is 2. The van der Waals surface area contributed by atoms with Gasteiger partial charge in [-0.25, -0.2) is 4.79 Å². The van der Waals surface area contributed by atoms with Crippen molar-refractivity contribution in [2.75, 3.05) is 26.4 Å². The van der Waals surface area contributed by atoms with Gasteiger partial charge in [-0.05, 0) is 12.1 Å². The van der Waals surface area contributed by atoms with Gasteiger partial charge < -0.3 is 19.9 Å². The van der Waals surface area contributed by atoms with Crippen LogP contribution in [-0.4, -0.2) is 43.3 Å². The van der Waals surface area contributed by atoms with Gasteiger partial charge in [-0.3, -0.25) is 4.79 Å². The highest BCUT2D eigenvalue weighted by Gasteiger charge is 2.34. The molecular formula is C13H14F3NO5. The number of amides is 1. The van der Waals surface area contributed by atoms with Gasteiger partial charge in [0.05, 0.1) is 12.2 Å². The molecule has 0 saturated carbocycles. The molecule has 2 N–H and O–H groups in total. The minimum atomic E-state index is -4.57. The smallest absolute Gasteiger partial charge is 0.419 e. The van der Waals surface area contributed by atoms with E-state index < -0.39 is 42.6 Å². The maximum absolute atomic E-state index is 12.7. The first-order chi connectivity index (χ1) is 10.3. The van der Waals surface area contributed by atoms with Crippen molar-refractivity contribution in [3.05, 3.63) is 29.8 Å². The second-order valence-electron chi connectivity index (χ2n) is 4.08. The van der Waals surface area contributed by atoms with E-state index >= 15 is 0 Å². The van der Waals surface area contributed by atoms with E-state index in [2.05, 4.69) is 10.1 Å². The monoisotopic (exact) mass is 321 g/mol. The third kappa shape index (κ3) is 6.44. The third-order valence-corrected chi connectivity index (χ3v) is 2.35. The van der Waals surface area contributed by atoms with Crippen LogP contribution >= 0.6 is 0 Å². The number of carboxylic acids is 1. The van der Waals surface area contributed by atoms with Crippen molar-refractivity contribution in [1.29, 1.82) is 0 Å². The summed E-state index contributed by atoms with van der Waals surface area (Å²) >= 11 is 0. The van der Waals surface area contributed by atoms with Crippen molar-refractivity contribution in [1.82, 2.24) is 5.32 Å². The molecule has 122 valence electrons. The highest BCUT2D eigenvalue weighted by Crippen LogP contribution is 2.35. The van der Waals surface area contributed by atoms with Crippen LogP contribution in [0.15, 0.2) is 24.3 Å². The fourth-order valence-corrected chi connectivity index (χ4v) is 1.44. The molecular weight excluding hydrogens is 307 g/mol. The van der Waals surface area contributed by atoms with Crippen LogP contribution in [0.3, 0.4) is 0 Å². The van der Waals surface area contributed by atoms with E-state index in [9.17, 15) is 22.8 Å². The Labute approximate surface area is 123 Å². The first-order valence-corrected chi connectivity index (χ1v) is 6.16. The van der Waals surface area contributed by atoms with Gasteiger partial charge >= 0.3 is 12.1 Å². The van der Waals surface area contributed by atoms with E-state index in [0.29, 0.717) is 0 Å². The zero-order valence-corrected chi connectivity index (χ0v) is 11.4. The zero-order chi connectivity index (χ0) is 16.6. The SMILES string of the molecule is O=C(O)COCCNC(=O)COc1ccccc1C(F)(F)F. The van der Waals surface area contributed by atoms with Gasteiger partial charge in [0, 0.05) is 6.54 Å². The summed E-state index contributed by atoms with van der Waals surface area (Å²) in [5, 5.41) is 10.6. The van der Waals surface area contributed by atoms with E-state index in [1.165, 1.54) is 12.1 Å². The van der Waals surface area contributed by atoms with Crippen LogP contribution in [0.25, 0.3) is 0 Å². The molecule has 1 aromatic rings. The Bertz CT molecular complexity index is 519. The maximum atomic E-state index is 12.7. The Balaban J connectivity index is 2.37. The van der Waals surface area contributed by atoms with Crippen LogP contribution in [0.1, 0.15) is 5.56 Å². The van der Waals surface area contributed by atoms with Crippen LogP contribution in [0.2, 0.25) is 0 Å². The van der Waals surface area contributed by atoms with E-state index in [1.807, 2.05) is 0 Å². The van der Waals surface area contributed by atoms with Crippen LogP contribution in [-0.2, 0) is 20.5 Å². The summed E-state index contributed by atoms with van der Waals surface area (Å²) in [6, 6.07) is 4.55. The number of carbonyl (C=O) groups is 2. The van der Waals surface area contributed by atoms with E-state index in [0.717, 1.165) is 12.1 Å². The highest BCUT2D eigenvalue weighted by atomic mass is 19.4. The number of carboxylic acid groups (broad SMARTS) is 1. The Morgan fingerprint density at radius 1 is 1.18 bits per heavy atom. The molecule has 0 aliphatic rings. The number of halogens is 3. The number of para-hydroxylation sites is 1. The van der Waals surface area contributed by atoms with Crippen LogP contribution in [0.4, 0.5) is 13.2 Å². The molecule has 0 spiro atoms. The number of nitrogens with one attached hydrogen (secondary N) is 1. The molecule has 0 unspecified atom stereocenters. The summed E-state index contributed by atoms with van der Waals surface area (Å²) in [6.07, 6.45) is -4.57. The van der Waals surface area contributed by atoms with Gasteiger partial charge in [0.15, 0.2) is 6.61 Å². The molecule has 0 heterocycles. The molecule has 6 nitrogen and oxygen atoms in total. The van der Waals surface area contributed by atoms with Crippen molar-refractivity contribution in [3.8, 4) is 5.75 Å². The molecule has 0 saturated heterocycles. The van der Waals surface area contributed by atoms with Gasteiger partial charge in [0.25, 0.3) is 5.91 Å². The Hall–Kier alpha value is -2.29. The largest absolute Gasteiger partial charge is 0.483 e. The van der Waals surface area contributed by atoms with Gasteiger partial charge in [0.1, 0.15) is 12.4 Å². The quantitative estimate of drug-likeness (QED) is 0.705. The fraction of sp³-hybridized carbons (Fsp3) is 0.385. The molecule has 0 aliphatic heterocycles. The van der Waals surface area contributed by atoms with Gasteiger partial charge in [-0.2, -0.15) is 13.2 Å². The second kappa shape index (κ2) is 8.23. The first-order valence-electron chi connectivity index (χ1n) is 6.16. The summed E-state index contributed by atoms with van der Waals surface area (Å²) in [7, 11) is 0. The van der Waals surface area contributed by atoms with Crippen molar-refractivity contribution < 1.29 is 37.3 Å². The third-order valence-electron chi connectivity index (χ3n) is 2.35. The normalized spacial score (nSPS) is 11.0. The van der Waals surface area contributed by atoms with E-state index in [4.69, 9.17) is 9.84 Å². The minimum absolute atomic E-state index is 0.0242. The summed E-state index contributed by atoms with van der Waals surface area (Å²) in [6.45, 7) is -1.09. The second-order valence-corrected chi connectivity index (χ2v) is 4.08. The molecule has 0 aliphatic carbocycles. The Morgan fingerprint density at radius 3 is 2.50 bits per heavy atom. The highest BCUT2D eigenvalue weighted by molar-refractivity contribution is 5.77. The Kier molecular flexibility index (Phi) is 6.64. The molecule has 0 radical (unpaired) electrons. The minimum Gasteiger partial charge on any atom is -0.483 e. The van der Waals surface area contributed by atoms with Crippen molar-refractivity contribution in [3.63, 3.8) is 0 Å². The lowest BCUT2D eigenvalue weighted by molar-refractivity contribution is -0.142. The number of hydrogen-bond donors (Lipinski definition) is 2. The summed E-state index contributed by atoms with van der Waals surface area (Å²) in [4.78, 5) is 21.5. The lowest BCUT2D eigenvalue weighted by Gasteiger charge is -2.13. The fourth-order valence-electron chi connectivity index (χ4n) is 1.44. The molecule has 0 atom stereocenters. The lowest BCUT2D eigenvalue weighted by atomic mass is 10.2.